The van der Waals surface area contributed by atoms with Gasteiger partial charge in [0.2, 0.25) is 0 Å². The molecule has 2 atom stereocenters. The molecule has 0 radical (unpaired) electrons. The van der Waals surface area contributed by atoms with Crippen LogP contribution in [0.25, 0.3) is 0 Å². The van der Waals surface area contributed by atoms with Crippen molar-refractivity contribution in [2.24, 2.45) is 5.16 Å². The lowest BCUT2D eigenvalue weighted by Crippen LogP contribution is -2.40. The van der Waals surface area contributed by atoms with Crippen molar-refractivity contribution in [3.05, 3.63) is 23.8 Å². The Kier molecular flexibility index (Phi) is 4.91. The third-order valence-corrected chi connectivity index (χ3v) is 6.45. The second kappa shape index (κ2) is 7.16. The maximum Gasteiger partial charge on any atom is 0.181 e. The molecule has 3 aliphatic rings. The normalized spacial score (nSPS) is 29.0. The van der Waals surface area contributed by atoms with Crippen LogP contribution in [0, 0.1) is 0 Å². The van der Waals surface area contributed by atoms with Gasteiger partial charge >= 0.3 is 0 Å². The first-order valence-corrected chi connectivity index (χ1v) is 10.1. The molecule has 2 unspecified atom stereocenters. The highest BCUT2D eigenvalue weighted by molar-refractivity contribution is 9.10. The highest BCUT2D eigenvalue weighted by Crippen LogP contribution is 2.40. The average molecular weight is 410 g/mol. The molecule has 1 aromatic carbocycles. The van der Waals surface area contributed by atoms with Gasteiger partial charge in [0, 0.05) is 12.0 Å². The highest BCUT2D eigenvalue weighted by Gasteiger charge is 2.51. The first-order valence-electron chi connectivity index (χ1n) is 9.13. The summed E-state index contributed by atoms with van der Waals surface area (Å²) in [5.74, 6) is 1.60. The zero-order valence-electron chi connectivity index (χ0n) is 14.5. The SMILES string of the molecule is CCOc1ccc(C2=NOC3(CCOC3)C2Br)cc1OC1CCCC1. The minimum Gasteiger partial charge on any atom is -0.490 e. The number of hydrogen-bond donors (Lipinski definition) is 0. The quantitative estimate of drug-likeness (QED) is 0.687. The zero-order chi connectivity index (χ0) is 17.3. The molecule has 4 rings (SSSR count). The Labute approximate surface area is 156 Å². The Balaban J connectivity index is 1.59. The Morgan fingerprint density at radius 1 is 1.28 bits per heavy atom. The molecule has 1 spiro atoms. The highest BCUT2D eigenvalue weighted by atomic mass is 79.9. The van der Waals surface area contributed by atoms with Crippen molar-refractivity contribution in [1.29, 1.82) is 0 Å². The van der Waals surface area contributed by atoms with E-state index in [0.29, 0.717) is 19.8 Å². The summed E-state index contributed by atoms with van der Waals surface area (Å²) in [6, 6.07) is 6.04. The Morgan fingerprint density at radius 3 is 2.84 bits per heavy atom. The first kappa shape index (κ1) is 17.2. The molecule has 2 fully saturated rings. The summed E-state index contributed by atoms with van der Waals surface area (Å²) in [7, 11) is 0. The van der Waals surface area contributed by atoms with E-state index in [0.717, 1.165) is 42.0 Å². The molecule has 136 valence electrons. The standard InChI is InChI=1S/C19H24BrNO4/c1-2-23-15-8-7-13(11-16(15)24-14-5-3-4-6-14)17-18(20)19(25-21-17)9-10-22-12-19/h7-8,11,14,18H,2-6,9-10,12H2,1H3. The second-order valence-corrected chi connectivity index (χ2v) is 7.83. The number of benzene rings is 1. The van der Waals surface area contributed by atoms with E-state index in [-0.39, 0.29) is 16.5 Å². The van der Waals surface area contributed by atoms with E-state index in [1.54, 1.807) is 0 Å². The van der Waals surface area contributed by atoms with E-state index in [9.17, 15) is 0 Å². The van der Waals surface area contributed by atoms with E-state index in [2.05, 4.69) is 21.1 Å². The summed E-state index contributed by atoms with van der Waals surface area (Å²) >= 11 is 3.78. The molecule has 2 aliphatic heterocycles. The Bertz CT molecular complexity index is 651. The molecule has 0 N–H and O–H groups in total. The molecule has 1 aliphatic carbocycles. The molecule has 25 heavy (non-hydrogen) atoms. The molecule has 5 nitrogen and oxygen atoms in total. The van der Waals surface area contributed by atoms with Gasteiger partial charge in [0.15, 0.2) is 17.1 Å². The van der Waals surface area contributed by atoms with Crippen molar-refractivity contribution < 1.29 is 19.0 Å². The van der Waals surface area contributed by atoms with Gasteiger partial charge in [0.1, 0.15) is 10.5 Å². The van der Waals surface area contributed by atoms with Crippen LogP contribution in [0.4, 0.5) is 0 Å². The van der Waals surface area contributed by atoms with Crippen LogP contribution in [0.1, 0.15) is 44.6 Å². The molecule has 1 saturated carbocycles. The largest absolute Gasteiger partial charge is 0.490 e. The summed E-state index contributed by atoms with van der Waals surface area (Å²) in [6.45, 7) is 3.88. The zero-order valence-corrected chi connectivity index (χ0v) is 16.1. The minimum atomic E-state index is -0.375. The van der Waals surface area contributed by atoms with E-state index < -0.39 is 0 Å². The summed E-state index contributed by atoms with van der Waals surface area (Å²) in [4.78, 5) is 5.79. The van der Waals surface area contributed by atoms with Gasteiger partial charge in [-0.3, -0.25) is 0 Å². The Morgan fingerprint density at radius 2 is 2.12 bits per heavy atom. The van der Waals surface area contributed by atoms with Crippen molar-refractivity contribution in [3.63, 3.8) is 0 Å². The topological polar surface area (TPSA) is 49.3 Å². The molecule has 1 saturated heterocycles. The van der Waals surface area contributed by atoms with E-state index in [1.165, 1.54) is 12.8 Å². The van der Waals surface area contributed by atoms with Gasteiger partial charge in [-0.15, -0.1) is 0 Å². The van der Waals surface area contributed by atoms with Crippen molar-refractivity contribution in [2.45, 2.75) is 55.6 Å². The summed E-state index contributed by atoms with van der Waals surface area (Å²) in [5, 5.41) is 4.36. The number of rotatable bonds is 5. The van der Waals surface area contributed by atoms with Crippen molar-refractivity contribution >= 4 is 21.6 Å². The average Bonchev–Trinajstić information content (AvgIpc) is 3.35. The van der Waals surface area contributed by atoms with Crippen molar-refractivity contribution in [3.8, 4) is 11.5 Å². The third-order valence-electron chi connectivity index (χ3n) is 5.18. The number of halogens is 1. The van der Waals surface area contributed by atoms with Crippen LogP contribution in [0.15, 0.2) is 23.4 Å². The fourth-order valence-electron chi connectivity index (χ4n) is 3.73. The summed E-state index contributed by atoms with van der Waals surface area (Å²) < 4.78 is 17.5. The molecule has 1 aromatic rings. The minimum absolute atomic E-state index is 0.0137. The number of alkyl halides is 1. The van der Waals surface area contributed by atoms with Crippen LogP contribution in [-0.2, 0) is 9.57 Å². The van der Waals surface area contributed by atoms with Gasteiger partial charge < -0.3 is 19.0 Å². The van der Waals surface area contributed by atoms with Crippen molar-refractivity contribution in [2.75, 3.05) is 19.8 Å². The summed E-state index contributed by atoms with van der Waals surface area (Å²) in [6.07, 6.45) is 5.83. The number of hydrogen-bond acceptors (Lipinski definition) is 5. The van der Waals surface area contributed by atoms with Gasteiger partial charge in [0.05, 0.1) is 25.9 Å². The molecule has 2 heterocycles. The number of oxime groups is 1. The third kappa shape index (κ3) is 3.26. The lowest BCUT2D eigenvalue weighted by molar-refractivity contribution is -0.0198. The molecule has 0 amide bonds. The monoisotopic (exact) mass is 409 g/mol. The van der Waals surface area contributed by atoms with Gasteiger partial charge in [-0.2, -0.15) is 0 Å². The lowest BCUT2D eigenvalue weighted by Gasteiger charge is -2.23. The van der Waals surface area contributed by atoms with Crippen molar-refractivity contribution in [1.82, 2.24) is 0 Å². The number of ether oxygens (including phenoxy) is 3. The summed E-state index contributed by atoms with van der Waals surface area (Å²) in [5.41, 5.74) is 1.52. The van der Waals surface area contributed by atoms with Crippen LogP contribution >= 0.6 is 15.9 Å². The lowest BCUT2D eigenvalue weighted by atomic mass is 9.93. The number of nitrogens with zero attached hydrogens (tertiary/aromatic N) is 1. The van der Waals surface area contributed by atoms with E-state index in [4.69, 9.17) is 19.0 Å². The fourth-order valence-corrected chi connectivity index (χ4v) is 4.53. The van der Waals surface area contributed by atoms with E-state index in [1.807, 2.05) is 25.1 Å². The smallest absolute Gasteiger partial charge is 0.181 e. The van der Waals surface area contributed by atoms with Crippen LogP contribution < -0.4 is 9.47 Å². The van der Waals surface area contributed by atoms with Gasteiger partial charge in [0.25, 0.3) is 0 Å². The van der Waals surface area contributed by atoms with Crippen LogP contribution in [0.3, 0.4) is 0 Å². The molecule has 0 bridgehead atoms. The fraction of sp³-hybridized carbons (Fsp3) is 0.632. The van der Waals surface area contributed by atoms with Crippen LogP contribution in [0.2, 0.25) is 0 Å². The second-order valence-electron chi connectivity index (χ2n) is 6.92. The van der Waals surface area contributed by atoms with Crippen LogP contribution in [-0.4, -0.2) is 42.1 Å². The maximum atomic E-state index is 6.25. The van der Waals surface area contributed by atoms with E-state index >= 15 is 0 Å². The first-order chi connectivity index (χ1) is 12.2. The van der Waals surface area contributed by atoms with Gasteiger partial charge in [-0.25, -0.2) is 0 Å². The maximum absolute atomic E-state index is 6.25. The molecular formula is C19H24BrNO4. The van der Waals surface area contributed by atoms with Gasteiger partial charge in [-0.1, -0.05) is 21.1 Å². The molecule has 6 heteroatoms. The predicted octanol–water partition coefficient (Wildman–Crippen LogP) is 4.06. The molecular weight excluding hydrogens is 386 g/mol. The predicted molar refractivity (Wildman–Crippen MR) is 99.0 cm³/mol. The van der Waals surface area contributed by atoms with Crippen LogP contribution in [0.5, 0.6) is 11.5 Å². The molecule has 0 aromatic heterocycles. The Hall–Kier alpha value is -1.27. The van der Waals surface area contributed by atoms with Gasteiger partial charge in [-0.05, 0) is 50.8 Å².